The molecular weight excluding hydrogens is 454 g/mol. The summed E-state index contributed by atoms with van der Waals surface area (Å²) in [6, 6.07) is 14.4. The van der Waals surface area contributed by atoms with Crippen LogP contribution < -0.4 is 16.2 Å². The highest BCUT2D eigenvalue weighted by atomic mass is 16.3. The molecule has 1 aliphatic carbocycles. The second-order valence-corrected chi connectivity index (χ2v) is 10.1. The van der Waals surface area contributed by atoms with Crippen LogP contribution in [0, 0.1) is 5.92 Å². The summed E-state index contributed by atoms with van der Waals surface area (Å²) in [4.78, 5) is 26.6. The van der Waals surface area contributed by atoms with Gasteiger partial charge in [0.25, 0.3) is 0 Å². The summed E-state index contributed by atoms with van der Waals surface area (Å²) in [5.74, 6) is 0.697. The Labute approximate surface area is 212 Å². The van der Waals surface area contributed by atoms with E-state index in [2.05, 4.69) is 34.7 Å². The third-order valence-corrected chi connectivity index (χ3v) is 7.17. The second-order valence-electron chi connectivity index (χ2n) is 10.1. The number of pyridine rings is 1. The number of nitrogens with one attached hydrogen (secondary N) is 3. The van der Waals surface area contributed by atoms with Crippen LogP contribution in [-0.4, -0.2) is 40.2 Å². The van der Waals surface area contributed by atoms with Gasteiger partial charge >= 0.3 is 0 Å². The number of benzene rings is 2. The molecule has 5 N–H and O–H groups in total. The van der Waals surface area contributed by atoms with Gasteiger partial charge in [0, 0.05) is 30.6 Å². The third kappa shape index (κ3) is 6.95. The first-order valence-electron chi connectivity index (χ1n) is 13.0. The zero-order chi connectivity index (χ0) is 25.5. The van der Waals surface area contributed by atoms with Crippen molar-refractivity contribution in [3.8, 4) is 5.75 Å². The minimum atomic E-state index is -0.795. The highest BCUT2D eigenvalue weighted by molar-refractivity contribution is 5.87. The van der Waals surface area contributed by atoms with Crippen LogP contribution in [0.3, 0.4) is 0 Å². The van der Waals surface area contributed by atoms with Crippen molar-refractivity contribution < 1.29 is 15.0 Å². The molecular formula is C29H37N3O4. The van der Waals surface area contributed by atoms with Crippen molar-refractivity contribution >= 4 is 16.8 Å². The molecule has 3 aromatic rings. The van der Waals surface area contributed by atoms with E-state index in [4.69, 9.17) is 0 Å². The molecule has 7 nitrogen and oxygen atoms in total. The Kier molecular flexibility index (Phi) is 8.78. The molecule has 7 heteroatoms. The lowest BCUT2D eigenvalue weighted by Crippen LogP contribution is -2.32. The molecule has 0 aliphatic heterocycles. The second kappa shape index (κ2) is 12.2. The lowest BCUT2D eigenvalue weighted by molar-refractivity contribution is -0.120. The van der Waals surface area contributed by atoms with Crippen molar-refractivity contribution in [1.29, 1.82) is 0 Å². The Balaban J connectivity index is 1.25. The van der Waals surface area contributed by atoms with E-state index in [-0.39, 0.29) is 23.3 Å². The number of phenols is 1. The number of phenolic OH excluding ortho intramolecular Hbond substituents is 1. The number of hydrogen-bond donors (Lipinski definition) is 5. The molecule has 2 atom stereocenters. The maximum absolute atomic E-state index is 12.3. The molecule has 0 spiro atoms. The van der Waals surface area contributed by atoms with Crippen LogP contribution in [0.4, 0.5) is 0 Å². The summed E-state index contributed by atoms with van der Waals surface area (Å²) in [5.41, 5.74) is 2.83. The zero-order valence-corrected chi connectivity index (χ0v) is 20.9. The van der Waals surface area contributed by atoms with Crippen LogP contribution in [0.15, 0.2) is 53.3 Å². The molecule has 1 saturated carbocycles. The van der Waals surface area contributed by atoms with Gasteiger partial charge in [-0.2, -0.15) is 0 Å². The van der Waals surface area contributed by atoms with Gasteiger partial charge in [-0.15, -0.1) is 0 Å². The van der Waals surface area contributed by atoms with E-state index < -0.39 is 6.10 Å². The number of rotatable bonds is 10. The number of aromatic nitrogens is 1. The van der Waals surface area contributed by atoms with Crippen LogP contribution in [0.1, 0.15) is 61.8 Å². The largest absolute Gasteiger partial charge is 0.506 e. The number of carbonyl (C=O) groups excluding carboxylic acids is 1. The average molecular weight is 492 g/mol. The molecule has 2 aromatic carbocycles. The number of aromatic amines is 1. The topological polar surface area (TPSA) is 114 Å². The highest BCUT2D eigenvalue weighted by Gasteiger charge is 2.16. The van der Waals surface area contributed by atoms with E-state index in [1.807, 2.05) is 12.1 Å². The summed E-state index contributed by atoms with van der Waals surface area (Å²) >= 11 is 0. The van der Waals surface area contributed by atoms with Crippen molar-refractivity contribution in [2.45, 2.75) is 64.0 Å². The van der Waals surface area contributed by atoms with Crippen molar-refractivity contribution in [3.63, 3.8) is 0 Å². The Hall–Kier alpha value is -3.16. The molecule has 0 bridgehead atoms. The standard InChI is InChI=1S/C29H37N3O4/c1-19(30-18-26(34)23-11-13-25(33)29-24(23)12-14-27(35)32-29)15-20-7-9-21(10-8-20)16-28(36)31-17-22-5-3-2-4-6-22/h7-14,19,22,26,30,33-34H,2-6,15-18H2,1H3,(H,31,36)(H,32,35)/t19?,26-/m0/s1. The fourth-order valence-electron chi connectivity index (χ4n) is 5.09. The van der Waals surface area contributed by atoms with E-state index >= 15 is 0 Å². The quantitative estimate of drug-likeness (QED) is 0.297. The van der Waals surface area contributed by atoms with Gasteiger partial charge in [-0.1, -0.05) is 49.6 Å². The molecule has 0 saturated heterocycles. The number of fused-ring (bicyclic) bond motifs is 1. The van der Waals surface area contributed by atoms with Crippen LogP contribution >= 0.6 is 0 Å². The van der Waals surface area contributed by atoms with Gasteiger partial charge in [0.05, 0.1) is 18.0 Å². The van der Waals surface area contributed by atoms with Gasteiger partial charge in [0.2, 0.25) is 11.5 Å². The van der Waals surface area contributed by atoms with Crippen molar-refractivity contribution in [2.24, 2.45) is 5.92 Å². The van der Waals surface area contributed by atoms with E-state index in [1.54, 1.807) is 12.1 Å². The lowest BCUT2D eigenvalue weighted by atomic mass is 9.89. The van der Waals surface area contributed by atoms with E-state index in [0.29, 0.717) is 35.3 Å². The van der Waals surface area contributed by atoms with Crippen LogP contribution in [0.25, 0.3) is 10.9 Å². The van der Waals surface area contributed by atoms with Crippen molar-refractivity contribution in [2.75, 3.05) is 13.1 Å². The molecule has 1 unspecified atom stereocenters. The monoisotopic (exact) mass is 491 g/mol. The molecule has 192 valence electrons. The van der Waals surface area contributed by atoms with Gasteiger partial charge < -0.3 is 25.8 Å². The van der Waals surface area contributed by atoms with Gasteiger partial charge in [0.1, 0.15) is 5.75 Å². The fraction of sp³-hybridized carbons (Fsp3) is 0.448. The summed E-state index contributed by atoms with van der Waals surface area (Å²) in [6.45, 7) is 3.19. The minimum Gasteiger partial charge on any atom is -0.506 e. The number of H-pyrrole nitrogens is 1. The van der Waals surface area contributed by atoms with E-state index in [1.165, 1.54) is 44.2 Å². The maximum atomic E-state index is 12.3. The smallest absolute Gasteiger partial charge is 0.248 e. The lowest BCUT2D eigenvalue weighted by Gasteiger charge is -2.21. The molecule has 4 rings (SSSR count). The number of aromatic hydroxyl groups is 1. The molecule has 0 radical (unpaired) electrons. The molecule has 1 aliphatic rings. The summed E-state index contributed by atoms with van der Waals surface area (Å²) in [6.07, 6.45) is 6.73. The molecule has 1 aromatic heterocycles. The predicted molar refractivity (Wildman–Crippen MR) is 142 cm³/mol. The van der Waals surface area contributed by atoms with Crippen LogP contribution in [0.2, 0.25) is 0 Å². The molecule has 36 heavy (non-hydrogen) atoms. The first-order chi connectivity index (χ1) is 17.4. The Morgan fingerprint density at radius 2 is 1.75 bits per heavy atom. The normalized spacial score (nSPS) is 16.1. The van der Waals surface area contributed by atoms with Crippen LogP contribution in [-0.2, 0) is 17.6 Å². The SMILES string of the molecule is CC(Cc1ccc(CC(=O)NCC2CCCCC2)cc1)NC[C@H](O)c1ccc(O)c2[nH]c(=O)ccc12. The van der Waals surface area contributed by atoms with Gasteiger partial charge in [-0.3, -0.25) is 9.59 Å². The third-order valence-electron chi connectivity index (χ3n) is 7.17. The fourth-order valence-corrected chi connectivity index (χ4v) is 5.09. The molecule has 1 heterocycles. The minimum absolute atomic E-state index is 0.0230. The van der Waals surface area contributed by atoms with Gasteiger partial charge in [-0.05, 0) is 60.9 Å². The van der Waals surface area contributed by atoms with Crippen molar-refractivity contribution in [1.82, 2.24) is 15.6 Å². The Morgan fingerprint density at radius 3 is 2.50 bits per heavy atom. The number of amides is 1. The number of aliphatic hydroxyl groups is 1. The first-order valence-corrected chi connectivity index (χ1v) is 13.0. The van der Waals surface area contributed by atoms with Gasteiger partial charge in [0.15, 0.2) is 0 Å². The molecule has 1 fully saturated rings. The van der Waals surface area contributed by atoms with Crippen molar-refractivity contribution in [3.05, 3.63) is 75.6 Å². The van der Waals surface area contributed by atoms with Gasteiger partial charge in [-0.25, -0.2) is 0 Å². The Bertz CT molecular complexity index is 1220. The predicted octanol–water partition coefficient (Wildman–Crippen LogP) is 3.73. The molecule has 1 amide bonds. The van der Waals surface area contributed by atoms with Crippen LogP contribution in [0.5, 0.6) is 5.75 Å². The summed E-state index contributed by atoms with van der Waals surface area (Å²) in [7, 11) is 0. The summed E-state index contributed by atoms with van der Waals surface area (Å²) < 4.78 is 0. The highest BCUT2D eigenvalue weighted by Crippen LogP contribution is 2.28. The number of carbonyl (C=O) groups is 1. The maximum Gasteiger partial charge on any atom is 0.248 e. The van der Waals surface area contributed by atoms with E-state index in [0.717, 1.165) is 24.1 Å². The number of aliphatic hydroxyl groups excluding tert-OH is 1. The summed E-state index contributed by atoms with van der Waals surface area (Å²) in [5, 5.41) is 27.9. The zero-order valence-electron chi connectivity index (χ0n) is 20.9. The average Bonchev–Trinajstić information content (AvgIpc) is 2.88. The first kappa shape index (κ1) is 25.9. The number of hydrogen-bond acceptors (Lipinski definition) is 5. The van der Waals surface area contributed by atoms with E-state index in [9.17, 15) is 19.8 Å². The Morgan fingerprint density at radius 1 is 1.03 bits per heavy atom.